The fraction of sp³-hybridized carbons (Fsp3) is 0.417. The predicted molar refractivity (Wildman–Crippen MR) is 63.6 cm³/mol. The van der Waals surface area contributed by atoms with Crippen molar-refractivity contribution in [3.8, 4) is 6.07 Å². The highest BCUT2D eigenvalue weighted by atomic mass is 35.5. The number of rotatable bonds is 3. The Labute approximate surface area is 100.0 Å². The van der Waals surface area contributed by atoms with E-state index in [2.05, 4.69) is 11.4 Å². The quantitative estimate of drug-likeness (QED) is 0.878. The summed E-state index contributed by atoms with van der Waals surface area (Å²) in [5.41, 5.74) is 1.40. The highest BCUT2D eigenvalue weighted by Crippen LogP contribution is 2.21. The number of nitrogens with zero attached hydrogens (tertiary/aromatic N) is 1. The molecule has 1 fully saturated rings. The summed E-state index contributed by atoms with van der Waals surface area (Å²) in [7, 11) is 0. The van der Waals surface area contributed by atoms with E-state index in [-0.39, 0.29) is 6.10 Å². The lowest BCUT2D eigenvalue weighted by molar-refractivity contribution is 0.120. The maximum Gasteiger partial charge on any atom is 0.101 e. The molecule has 1 N–H and O–H groups in total. The average Bonchev–Trinajstić information content (AvgIpc) is 2.80. The third-order valence-electron chi connectivity index (χ3n) is 2.65. The molecule has 0 amide bonds. The molecule has 1 saturated heterocycles. The number of halogens is 1. The van der Waals surface area contributed by atoms with Crippen molar-refractivity contribution in [1.29, 1.82) is 5.26 Å². The molecule has 1 aromatic carbocycles. The minimum Gasteiger partial charge on any atom is -0.381 e. The molecule has 16 heavy (non-hydrogen) atoms. The number of ether oxygens (including phenoxy) is 1. The summed E-state index contributed by atoms with van der Waals surface area (Å²) in [5, 5.41) is 12.8. The summed E-state index contributed by atoms with van der Waals surface area (Å²) >= 11 is 5.82. The van der Waals surface area contributed by atoms with E-state index < -0.39 is 0 Å². The standard InChI is InChI=1S/C12H13ClN2O/c13-10-3-4-12(9(6-10)7-14)15-8-11-2-1-5-16-11/h3-4,6,11,15H,1-2,5,8H2. The van der Waals surface area contributed by atoms with Gasteiger partial charge in [0.15, 0.2) is 0 Å². The van der Waals surface area contributed by atoms with Gasteiger partial charge in [-0.25, -0.2) is 0 Å². The molecular weight excluding hydrogens is 224 g/mol. The molecule has 0 aromatic heterocycles. The van der Waals surface area contributed by atoms with Crippen LogP contribution in [0.5, 0.6) is 0 Å². The lowest BCUT2D eigenvalue weighted by atomic mass is 10.2. The first-order valence-electron chi connectivity index (χ1n) is 5.35. The molecule has 1 aliphatic heterocycles. The monoisotopic (exact) mass is 236 g/mol. The van der Waals surface area contributed by atoms with Gasteiger partial charge in [-0.1, -0.05) is 11.6 Å². The minimum absolute atomic E-state index is 0.266. The Morgan fingerprint density at radius 2 is 2.44 bits per heavy atom. The van der Waals surface area contributed by atoms with Crippen molar-refractivity contribution in [2.45, 2.75) is 18.9 Å². The maximum absolute atomic E-state index is 8.95. The summed E-state index contributed by atoms with van der Waals surface area (Å²) in [5.74, 6) is 0. The van der Waals surface area contributed by atoms with E-state index in [0.29, 0.717) is 10.6 Å². The van der Waals surface area contributed by atoms with Gasteiger partial charge in [0, 0.05) is 18.2 Å². The van der Waals surface area contributed by atoms with Crippen molar-refractivity contribution in [1.82, 2.24) is 0 Å². The first kappa shape index (κ1) is 11.3. The normalized spacial score (nSPS) is 19.4. The Morgan fingerprint density at radius 1 is 1.56 bits per heavy atom. The molecule has 1 aromatic rings. The van der Waals surface area contributed by atoms with Crippen LogP contribution in [-0.2, 0) is 4.74 Å². The zero-order valence-corrected chi connectivity index (χ0v) is 9.63. The largest absolute Gasteiger partial charge is 0.381 e. The van der Waals surface area contributed by atoms with Crippen LogP contribution in [0.4, 0.5) is 5.69 Å². The van der Waals surface area contributed by atoms with Gasteiger partial charge < -0.3 is 10.1 Å². The second-order valence-corrected chi connectivity index (χ2v) is 4.25. The van der Waals surface area contributed by atoms with Crippen LogP contribution >= 0.6 is 11.6 Å². The van der Waals surface area contributed by atoms with Gasteiger partial charge in [-0.3, -0.25) is 0 Å². The summed E-state index contributed by atoms with van der Waals surface area (Å²) in [6.07, 6.45) is 2.47. The van der Waals surface area contributed by atoms with E-state index in [1.54, 1.807) is 12.1 Å². The first-order chi connectivity index (χ1) is 7.79. The molecule has 2 rings (SSSR count). The van der Waals surface area contributed by atoms with Gasteiger partial charge in [0.25, 0.3) is 0 Å². The van der Waals surface area contributed by atoms with Crippen molar-refractivity contribution in [2.75, 3.05) is 18.5 Å². The van der Waals surface area contributed by atoms with Crippen molar-refractivity contribution in [3.05, 3.63) is 28.8 Å². The molecule has 84 valence electrons. The highest BCUT2D eigenvalue weighted by Gasteiger charge is 2.15. The number of anilines is 1. The van der Waals surface area contributed by atoms with E-state index in [9.17, 15) is 0 Å². The molecule has 1 aliphatic rings. The lowest BCUT2D eigenvalue weighted by Gasteiger charge is -2.12. The van der Waals surface area contributed by atoms with Crippen LogP contribution in [0, 0.1) is 11.3 Å². The SMILES string of the molecule is N#Cc1cc(Cl)ccc1NCC1CCCO1. The van der Waals surface area contributed by atoms with Crippen LogP contribution in [0.15, 0.2) is 18.2 Å². The zero-order valence-electron chi connectivity index (χ0n) is 8.87. The molecule has 1 atom stereocenters. The van der Waals surface area contributed by atoms with Crippen LogP contribution in [0.1, 0.15) is 18.4 Å². The lowest BCUT2D eigenvalue weighted by Crippen LogP contribution is -2.18. The second-order valence-electron chi connectivity index (χ2n) is 3.82. The van der Waals surface area contributed by atoms with Crippen LogP contribution in [0.25, 0.3) is 0 Å². The second kappa shape index (κ2) is 5.20. The van der Waals surface area contributed by atoms with Gasteiger partial charge in [-0.2, -0.15) is 5.26 Å². The molecule has 4 heteroatoms. The molecule has 0 spiro atoms. The van der Waals surface area contributed by atoms with Gasteiger partial charge in [-0.15, -0.1) is 0 Å². The fourth-order valence-corrected chi connectivity index (χ4v) is 1.96. The van der Waals surface area contributed by atoms with Gasteiger partial charge in [0.05, 0.1) is 17.4 Å². The molecule has 0 radical (unpaired) electrons. The smallest absolute Gasteiger partial charge is 0.101 e. The Balaban J connectivity index is 2.00. The Hall–Kier alpha value is -1.24. The number of benzene rings is 1. The summed E-state index contributed by atoms with van der Waals surface area (Å²) in [4.78, 5) is 0. The topological polar surface area (TPSA) is 45.0 Å². The fourth-order valence-electron chi connectivity index (χ4n) is 1.79. The molecular formula is C12H13ClN2O. The predicted octanol–water partition coefficient (Wildman–Crippen LogP) is 2.80. The molecule has 0 bridgehead atoms. The number of nitrogens with one attached hydrogen (secondary N) is 1. The van der Waals surface area contributed by atoms with Crippen molar-refractivity contribution in [3.63, 3.8) is 0 Å². The molecule has 3 nitrogen and oxygen atoms in total. The number of nitriles is 1. The third-order valence-corrected chi connectivity index (χ3v) is 2.88. The maximum atomic E-state index is 8.95. The molecule has 1 unspecified atom stereocenters. The van der Waals surface area contributed by atoms with E-state index in [1.807, 2.05) is 6.07 Å². The van der Waals surface area contributed by atoms with Gasteiger partial charge in [-0.05, 0) is 31.0 Å². The van der Waals surface area contributed by atoms with E-state index in [0.717, 1.165) is 31.7 Å². The van der Waals surface area contributed by atoms with E-state index >= 15 is 0 Å². The summed E-state index contributed by atoms with van der Waals surface area (Å²) < 4.78 is 5.50. The Bertz CT molecular complexity index is 408. The Morgan fingerprint density at radius 3 is 3.12 bits per heavy atom. The van der Waals surface area contributed by atoms with Gasteiger partial charge in [0.1, 0.15) is 6.07 Å². The summed E-state index contributed by atoms with van der Waals surface area (Å²) in [6, 6.07) is 7.40. The van der Waals surface area contributed by atoms with Crippen molar-refractivity contribution >= 4 is 17.3 Å². The van der Waals surface area contributed by atoms with Crippen LogP contribution in [0.3, 0.4) is 0 Å². The highest BCUT2D eigenvalue weighted by molar-refractivity contribution is 6.30. The summed E-state index contributed by atoms with van der Waals surface area (Å²) in [6.45, 7) is 1.59. The Kier molecular flexibility index (Phi) is 3.66. The number of hydrogen-bond donors (Lipinski definition) is 1. The number of hydrogen-bond acceptors (Lipinski definition) is 3. The third kappa shape index (κ3) is 2.66. The average molecular weight is 237 g/mol. The van der Waals surface area contributed by atoms with Crippen LogP contribution < -0.4 is 5.32 Å². The molecule has 1 heterocycles. The molecule has 0 saturated carbocycles. The van der Waals surface area contributed by atoms with E-state index in [4.69, 9.17) is 21.6 Å². The van der Waals surface area contributed by atoms with Gasteiger partial charge in [0.2, 0.25) is 0 Å². The minimum atomic E-state index is 0.266. The van der Waals surface area contributed by atoms with Crippen LogP contribution in [0.2, 0.25) is 5.02 Å². The first-order valence-corrected chi connectivity index (χ1v) is 5.72. The zero-order chi connectivity index (χ0) is 11.4. The van der Waals surface area contributed by atoms with Crippen LogP contribution in [-0.4, -0.2) is 19.3 Å². The van der Waals surface area contributed by atoms with Crippen molar-refractivity contribution < 1.29 is 4.74 Å². The molecule has 0 aliphatic carbocycles. The van der Waals surface area contributed by atoms with Gasteiger partial charge >= 0.3 is 0 Å². The van der Waals surface area contributed by atoms with E-state index in [1.165, 1.54) is 0 Å². The van der Waals surface area contributed by atoms with Crippen molar-refractivity contribution in [2.24, 2.45) is 0 Å².